The Bertz CT molecular complexity index is 779. The summed E-state index contributed by atoms with van der Waals surface area (Å²) < 4.78 is 6.69. The molecule has 1 atom stereocenters. The Morgan fingerprint density at radius 3 is 2.70 bits per heavy atom. The van der Waals surface area contributed by atoms with Crippen LogP contribution in [0.2, 0.25) is 5.02 Å². The molecule has 1 unspecified atom stereocenters. The van der Waals surface area contributed by atoms with Crippen molar-refractivity contribution in [2.45, 2.75) is 13.0 Å². The van der Waals surface area contributed by atoms with Gasteiger partial charge in [0.05, 0.1) is 5.02 Å². The highest BCUT2D eigenvalue weighted by atomic mass is 79.9. The first kappa shape index (κ1) is 13.7. The number of hydrogen-bond donors (Lipinski definition) is 1. The summed E-state index contributed by atoms with van der Waals surface area (Å²) in [6, 6.07) is 13.1. The average Bonchev–Trinajstić information content (AvgIpc) is 2.83. The number of benzene rings is 2. The lowest BCUT2D eigenvalue weighted by molar-refractivity contribution is 0.191. The second-order valence-electron chi connectivity index (χ2n) is 4.71. The number of aliphatic hydroxyl groups excluding tert-OH is 1. The molecule has 1 aromatic heterocycles. The van der Waals surface area contributed by atoms with Crippen molar-refractivity contribution in [3.05, 3.63) is 68.8 Å². The highest BCUT2D eigenvalue weighted by Gasteiger charge is 2.18. The summed E-state index contributed by atoms with van der Waals surface area (Å²) in [5.41, 5.74) is 2.43. The van der Waals surface area contributed by atoms with Gasteiger partial charge in [0, 0.05) is 9.86 Å². The summed E-state index contributed by atoms with van der Waals surface area (Å²) in [7, 11) is 0. The lowest BCUT2D eigenvalue weighted by Crippen LogP contribution is -2.00. The summed E-state index contributed by atoms with van der Waals surface area (Å²) in [6.45, 7) is 1.96. The number of para-hydroxylation sites is 1. The Labute approximate surface area is 130 Å². The Morgan fingerprint density at radius 2 is 2.00 bits per heavy atom. The Morgan fingerprint density at radius 1 is 1.20 bits per heavy atom. The molecule has 3 aromatic rings. The van der Waals surface area contributed by atoms with E-state index in [1.807, 2.05) is 43.3 Å². The maximum Gasteiger partial charge on any atom is 0.153 e. The van der Waals surface area contributed by atoms with E-state index in [0.29, 0.717) is 16.4 Å². The standard InChI is InChI=1S/C16H12BrClO2/c1-9-7-11(17)5-6-12(9)15(19)14-8-10-3-2-4-13(18)16(10)20-14/h2-8,15,19H,1H3. The monoisotopic (exact) mass is 350 g/mol. The zero-order chi connectivity index (χ0) is 14.3. The summed E-state index contributed by atoms with van der Waals surface area (Å²) >= 11 is 9.51. The van der Waals surface area contributed by atoms with Crippen LogP contribution in [0.25, 0.3) is 11.0 Å². The Hall–Kier alpha value is -1.29. The minimum Gasteiger partial charge on any atom is -0.456 e. The first-order valence-electron chi connectivity index (χ1n) is 6.18. The van der Waals surface area contributed by atoms with Crippen molar-refractivity contribution in [3.63, 3.8) is 0 Å². The molecule has 2 nitrogen and oxygen atoms in total. The van der Waals surface area contributed by atoms with E-state index in [4.69, 9.17) is 16.0 Å². The third-order valence-electron chi connectivity index (χ3n) is 3.31. The second kappa shape index (κ2) is 5.24. The second-order valence-corrected chi connectivity index (χ2v) is 6.03. The predicted molar refractivity (Wildman–Crippen MR) is 84.2 cm³/mol. The van der Waals surface area contributed by atoms with Gasteiger partial charge >= 0.3 is 0 Å². The number of halogens is 2. The normalized spacial score (nSPS) is 12.8. The number of aliphatic hydroxyl groups is 1. The van der Waals surface area contributed by atoms with Crippen LogP contribution < -0.4 is 0 Å². The van der Waals surface area contributed by atoms with Gasteiger partial charge in [0.15, 0.2) is 5.58 Å². The van der Waals surface area contributed by atoms with E-state index in [-0.39, 0.29) is 0 Å². The van der Waals surface area contributed by atoms with Gasteiger partial charge in [-0.05, 0) is 42.3 Å². The number of fused-ring (bicyclic) bond motifs is 1. The number of aryl methyl sites for hydroxylation is 1. The molecule has 0 fully saturated rings. The van der Waals surface area contributed by atoms with Crippen LogP contribution in [0.1, 0.15) is 23.0 Å². The van der Waals surface area contributed by atoms with Gasteiger partial charge in [-0.3, -0.25) is 0 Å². The largest absolute Gasteiger partial charge is 0.456 e. The third kappa shape index (κ3) is 2.37. The zero-order valence-corrected chi connectivity index (χ0v) is 13.1. The minimum atomic E-state index is -0.799. The highest BCUT2D eigenvalue weighted by Crippen LogP contribution is 2.33. The molecule has 0 aliphatic rings. The van der Waals surface area contributed by atoms with Gasteiger partial charge in [-0.25, -0.2) is 0 Å². The smallest absolute Gasteiger partial charge is 0.153 e. The summed E-state index contributed by atoms with van der Waals surface area (Å²) in [6.07, 6.45) is -0.799. The molecule has 0 radical (unpaired) electrons. The molecule has 1 heterocycles. The van der Waals surface area contributed by atoms with Crippen molar-refractivity contribution in [2.75, 3.05) is 0 Å². The molecule has 20 heavy (non-hydrogen) atoms. The SMILES string of the molecule is Cc1cc(Br)ccc1C(O)c1cc2cccc(Cl)c2o1. The van der Waals surface area contributed by atoms with E-state index < -0.39 is 6.10 Å². The van der Waals surface area contributed by atoms with E-state index in [2.05, 4.69) is 15.9 Å². The van der Waals surface area contributed by atoms with Crippen LogP contribution in [0.5, 0.6) is 0 Å². The summed E-state index contributed by atoms with van der Waals surface area (Å²) in [4.78, 5) is 0. The molecule has 0 saturated heterocycles. The van der Waals surface area contributed by atoms with E-state index in [9.17, 15) is 5.11 Å². The molecule has 0 aliphatic heterocycles. The molecule has 0 saturated carbocycles. The van der Waals surface area contributed by atoms with E-state index >= 15 is 0 Å². The van der Waals surface area contributed by atoms with Crippen LogP contribution >= 0.6 is 27.5 Å². The van der Waals surface area contributed by atoms with Crippen molar-refractivity contribution < 1.29 is 9.52 Å². The summed E-state index contributed by atoms with van der Waals surface area (Å²) in [5.74, 6) is 0.499. The molecule has 102 valence electrons. The molecule has 2 aromatic carbocycles. The van der Waals surface area contributed by atoms with Crippen LogP contribution in [0.15, 0.2) is 51.4 Å². The van der Waals surface area contributed by atoms with E-state index in [1.165, 1.54) is 0 Å². The fourth-order valence-electron chi connectivity index (χ4n) is 2.28. The fraction of sp³-hybridized carbons (Fsp3) is 0.125. The maximum absolute atomic E-state index is 10.5. The van der Waals surface area contributed by atoms with E-state index in [1.54, 1.807) is 6.07 Å². The van der Waals surface area contributed by atoms with Gasteiger partial charge in [0.1, 0.15) is 11.9 Å². The van der Waals surface area contributed by atoms with Crippen LogP contribution in [0, 0.1) is 6.92 Å². The van der Waals surface area contributed by atoms with Crippen LogP contribution in [0.3, 0.4) is 0 Å². The number of hydrogen-bond acceptors (Lipinski definition) is 2. The van der Waals surface area contributed by atoms with Crippen LogP contribution in [0.4, 0.5) is 0 Å². The highest BCUT2D eigenvalue weighted by molar-refractivity contribution is 9.10. The maximum atomic E-state index is 10.5. The van der Waals surface area contributed by atoms with Crippen molar-refractivity contribution in [2.24, 2.45) is 0 Å². The first-order valence-corrected chi connectivity index (χ1v) is 7.35. The van der Waals surface area contributed by atoms with Crippen LogP contribution in [-0.4, -0.2) is 5.11 Å². The van der Waals surface area contributed by atoms with Crippen molar-refractivity contribution in [3.8, 4) is 0 Å². The third-order valence-corrected chi connectivity index (χ3v) is 4.10. The fourth-order valence-corrected chi connectivity index (χ4v) is 2.98. The molecule has 0 aliphatic carbocycles. The lowest BCUT2D eigenvalue weighted by Gasteiger charge is -2.11. The predicted octanol–water partition coefficient (Wildman–Crippen LogP) is 5.24. The minimum absolute atomic E-state index is 0.499. The summed E-state index contributed by atoms with van der Waals surface area (Å²) in [5, 5.41) is 11.9. The van der Waals surface area contributed by atoms with Gasteiger partial charge < -0.3 is 9.52 Å². The lowest BCUT2D eigenvalue weighted by atomic mass is 10.0. The van der Waals surface area contributed by atoms with Crippen LogP contribution in [-0.2, 0) is 0 Å². The molecule has 1 N–H and O–H groups in total. The number of furan rings is 1. The topological polar surface area (TPSA) is 33.4 Å². The van der Waals surface area contributed by atoms with Gasteiger partial charge in [0.25, 0.3) is 0 Å². The quantitative estimate of drug-likeness (QED) is 0.685. The first-order chi connectivity index (χ1) is 9.56. The number of rotatable bonds is 2. The molecular formula is C16H12BrClO2. The molecule has 4 heteroatoms. The van der Waals surface area contributed by atoms with Gasteiger partial charge in [-0.2, -0.15) is 0 Å². The molecule has 0 spiro atoms. The molecule has 3 rings (SSSR count). The van der Waals surface area contributed by atoms with Gasteiger partial charge in [0.2, 0.25) is 0 Å². The van der Waals surface area contributed by atoms with E-state index in [0.717, 1.165) is 21.0 Å². The van der Waals surface area contributed by atoms with Crippen molar-refractivity contribution in [1.82, 2.24) is 0 Å². The van der Waals surface area contributed by atoms with Gasteiger partial charge in [-0.15, -0.1) is 0 Å². The molecule has 0 amide bonds. The molecule has 0 bridgehead atoms. The Kier molecular flexibility index (Phi) is 3.59. The zero-order valence-electron chi connectivity index (χ0n) is 10.7. The van der Waals surface area contributed by atoms with Crippen molar-refractivity contribution >= 4 is 38.5 Å². The molecular weight excluding hydrogens is 340 g/mol. The van der Waals surface area contributed by atoms with Gasteiger partial charge in [-0.1, -0.05) is 45.7 Å². The Balaban J connectivity index is 2.08. The van der Waals surface area contributed by atoms with Crippen molar-refractivity contribution in [1.29, 1.82) is 0 Å². The average molecular weight is 352 g/mol.